The maximum absolute atomic E-state index is 8.56. The number of amidine groups is 1. The van der Waals surface area contributed by atoms with E-state index in [4.69, 9.17) is 5.26 Å². The van der Waals surface area contributed by atoms with E-state index in [2.05, 4.69) is 34.6 Å². The fourth-order valence-corrected chi connectivity index (χ4v) is 2.38. The van der Waals surface area contributed by atoms with Crippen molar-refractivity contribution in [3.8, 4) is 6.19 Å². The fraction of sp³-hybridized carbons (Fsp3) is 0.333. The third kappa shape index (κ3) is 2.37. The van der Waals surface area contributed by atoms with Gasteiger partial charge in [-0.25, -0.2) is 0 Å². The molecular formula is C12H13N3S. The molecule has 0 aromatic heterocycles. The van der Waals surface area contributed by atoms with E-state index < -0.39 is 0 Å². The summed E-state index contributed by atoms with van der Waals surface area (Å²) in [7, 11) is 0. The molecule has 1 aliphatic carbocycles. The van der Waals surface area contributed by atoms with Gasteiger partial charge in [-0.2, -0.15) is 5.26 Å². The number of nitrogens with one attached hydrogen (secondary N) is 1. The highest BCUT2D eigenvalue weighted by molar-refractivity contribution is 8.13. The molecule has 0 saturated carbocycles. The summed E-state index contributed by atoms with van der Waals surface area (Å²) in [6.45, 7) is 0. The maximum atomic E-state index is 8.56. The first-order valence-corrected chi connectivity index (χ1v) is 6.39. The van der Waals surface area contributed by atoms with Crippen molar-refractivity contribution in [3.63, 3.8) is 0 Å². The summed E-state index contributed by atoms with van der Waals surface area (Å²) in [6, 6.07) is 8.71. The average Bonchev–Trinajstić information content (AvgIpc) is 2.70. The van der Waals surface area contributed by atoms with Crippen LogP contribution < -0.4 is 5.32 Å². The molecule has 3 nitrogen and oxygen atoms in total. The van der Waals surface area contributed by atoms with Gasteiger partial charge in [0.2, 0.25) is 0 Å². The van der Waals surface area contributed by atoms with Crippen molar-refractivity contribution >= 4 is 16.9 Å². The summed E-state index contributed by atoms with van der Waals surface area (Å²) >= 11 is 1.48. The lowest BCUT2D eigenvalue weighted by molar-refractivity contribution is 0.723. The van der Waals surface area contributed by atoms with Crippen molar-refractivity contribution < 1.29 is 0 Å². The Balaban J connectivity index is 2.09. The van der Waals surface area contributed by atoms with Crippen LogP contribution >= 0.6 is 11.8 Å². The van der Waals surface area contributed by atoms with Crippen LogP contribution in [0.1, 0.15) is 11.1 Å². The largest absolute Gasteiger partial charge is 0.272 e. The van der Waals surface area contributed by atoms with Gasteiger partial charge in [0.05, 0.1) is 6.04 Å². The van der Waals surface area contributed by atoms with Crippen molar-refractivity contribution in [2.75, 3.05) is 6.26 Å². The Morgan fingerprint density at radius 1 is 1.44 bits per heavy atom. The van der Waals surface area contributed by atoms with Crippen LogP contribution in [0, 0.1) is 11.5 Å². The molecule has 0 aliphatic heterocycles. The molecule has 1 aliphatic rings. The highest BCUT2D eigenvalue weighted by Crippen LogP contribution is 2.24. The summed E-state index contributed by atoms with van der Waals surface area (Å²) < 4.78 is 0. The summed E-state index contributed by atoms with van der Waals surface area (Å²) in [5.41, 5.74) is 2.77. The SMILES string of the molecule is CSC(=NC1Cc2ccccc2C1)NC#N. The number of nitrogens with zero attached hydrogens (tertiary/aromatic N) is 2. The number of fused-ring (bicyclic) bond motifs is 1. The average molecular weight is 231 g/mol. The fourth-order valence-electron chi connectivity index (χ4n) is 1.98. The normalized spacial score (nSPS) is 15.6. The molecule has 1 aromatic carbocycles. The Kier molecular flexibility index (Phi) is 3.47. The number of aliphatic imine (C=N–C) groups is 1. The van der Waals surface area contributed by atoms with Gasteiger partial charge >= 0.3 is 0 Å². The van der Waals surface area contributed by atoms with Crippen molar-refractivity contribution in [1.82, 2.24) is 5.32 Å². The lowest BCUT2D eigenvalue weighted by Gasteiger charge is -2.05. The monoisotopic (exact) mass is 231 g/mol. The molecule has 0 amide bonds. The van der Waals surface area contributed by atoms with Crippen LogP contribution in [-0.4, -0.2) is 17.5 Å². The van der Waals surface area contributed by atoms with Gasteiger partial charge in [0.1, 0.15) is 0 Å². The minimum absolute atomic E-state index is 0.278. The van der Waals surface area contributed by atoms with Crippen LogP contribution in [0.25, 0.3) is 0 Å². The highest BCUT2D eigenvalue weighted by atomic mass is 32.2. The van der Waals surface area contributed by atoms with Gasteiger partial charge < -0.3 is 0 Å². The molecule has 0 saturated heterocycles. The first-order valence-electron chi connectivity index (χ1n) is 5.17. The van der Waals surface area contributed by atoms with E-state index in [0.29, 0.717) is 5.17 Å². The zero-order chi connectivity index (χ0) is 11.4. The minimum atomic E-state index is 0.278. The third-order valence-electron chi connectivity index (χ3n) is 2.69. The van der Waals surface area contributed by atoms with E-state index >= 15 is 0 Å². The number of hydrogen-bond acceptors (Lipinski definition) is 3. The maximum Gasteiger partial charge on any atom is 0.183 e. The van der Waals surface area contributed by atoms with Crippen LogP contribution in [0.2, 0.25) is 0 Å². The van der Waals surface area contributed by atoms with E-state index in [1.807, 2.05) is 12.4 Å². The molecule has 0 fully saturated rings. The Bertz CT molecular complexity index is 423. The second kappa shape index (κ2) is 5.04. The second-order valence-corrected chi connectivity index (χ2v) is 4.50. The molecule has 82 valence electrons. The van der Waals surface area contributed by atoms with Crippen LogP contribution in [0.4, 0.5) is 0 Å². The van der Waals surface area contributed by atoms with Crippen LogP contribution in [0.3, 0.4) is 0 Å². The van der Waals surface area contributed by atoms with Gasteiger partial charge in [-0.1, -0.05) is 36.0 Å². The van der Waals surface area contributed by atoms with Crippen LogP contribution in [0.15, 0.2) is 29.3 Å². The number of rotatable bonds is 1. The molecule has 2 rings (SSSR count). The quantitative estimate of drug-likeness (QED) is 0.348. The number of thioether (sulfide) groups is 1. The van der Waals surface area contributed by atoms with Crippen molar-refractivity contribution in [1.29, 1.82) is 5.26 Å². The standard InChI is InChI=1S/C12H13N3S/c1-16-12(14-8-13)15-11-6-9-4-2-3-5-10(9)7-11/h2-5,11H,6-7H2,1H3,(H,14,15). The number of nitriles is 1. The van der Waals surface area contributed by atoms with Crippen molar-refractivity contribution in [2.24, 2.45) is 4.99 Å². The summed E-state index contributed by atoms with van der Waals surface area (Å²) in [6.07, 6.45) is 5.79. The molecule has 1 N–H and O–H groups in total. The van der Waals surface area contributed by atoms with E-state index in [9.17, 15) is 0 Å². The molecule has 4 heteroatoms. The molecule has 0 bridgehead atoms. The molecule has 0 heterocycles. The topological polar surface area (TPSA) is 48.2 Å². The molecule has 0 unspecified atom stereocenters. The lowest BCUT2D eigenvalue weighted by atomic mass is 10.1. The van der Waals surface area contributed by atoms with Gasteiger partial charge in [-0.15, -0.1) is 0 Å². The second-order valence-electron chi connectivity index (χ2n) is 3.71. The summed E-state index contributed by atoms with van der Waals surface area (Å²) in [4.78, 5) is 4.54. The zero-order valence-electron chi connectivity index (χ0n) is 9.10. The molecule has 0 atom stereocenters. The number of benzene rings is 1. The highest BCUT2D eigenvalue weighted by Gasteiger charge is 2.20. The first-order chi connectivity index (χ1) is 7.83. The van der Waals surface area contributed by atoms with E-state index in [1.165, 1.54) is 22.9 Å². The predicted molar refractivity (Wildman–Crippen MR) is 67.3 cm³/mol. The van der Waals surface area contributed by atoms with Gasteiger partial charge in [0, 0.05) is 0 Å². The summed E-state index contributed by atoms with van der Waals surface area (Å²) in [5, 5.41) is 11.9. The summed E-state index contributed by atoms with van der Waals surface area (Å²) in [5.74, 6) is 0. The molecule has 0 radical (unpaired) electrons. The molecule has 0 spiro atoms. The lowest BCUT2D eigenvalue weighted by Crippen LogP contribution is -2.17. The number of hydrogen-bond donors (Lipinski definition) is 1. The van der Waals surface area contributed by atoms with Crippen molar-refractivity contribution in [3.05, 3.63) is 35.4 Å². The van der Waals surface area contributed by atoms with E-state index in [0.717, 1.165) is 12.8 Å². The Morgan fingerprint density at radius 2 is 2.06 bits per heavy atom. The van der Waals surface area contributed by atoms with Crippen LogP contribution in [0.5, 0.6) is 0 Å². The molecule has 16 heavy (non-hydrogen) atoms. The zero-order valence-corrected chi connectivity index (χ0v) is 9.92. The Morgan fingerprint density at radius 3 is 2.56 bits per heavy atom. The van der Waals surface area contributed by atoms with Gasteiger partial charge in [-0.3, -0.25) is 10.3 Å². The molecule has 1 aromatic rings. The van der Waals surface area contributed by atoms with Gasteiger partial charge in [-0.05, 0) is 30.2 Å². The predicted octanol–water partition coefficient (Wildman–Crippen LogP) is 1.94. The van der Waals surface area contributed by atoms with Gasteiger partial charge in [0.25, 0.3) is 0 Å². The van der Waals surface area contributed by atoms with Crippen LogP contribution in [-0.2, 0) is 12.8 Å². The molecular weight excluding hydrogens is 218 g/mol. The van der Waals surface area contributed by atoms with E-state index in [-0.39, 0.29) is 6.04 Å². The van der Waals surface area contributed by atoms with Gasteiger partial charge in [0.15, 0.2) is 11.4 Å². The van der Waals surface area contributed by atoms with E-state index in [1.54, 1.807) is 0 Å². The Labute approximate surface area is 99.6 Å². The minimum Gasteiger partial charge on any atom is -0.272 e. The Hall–Kier alpha value is -1.47. The smallest absolute Gasteiger partial charge is 0.183 e. The third-order valence-corrected chi connectivity index (χ3v) is 3.28. The first kappa shape index (κ1) is 11.0. The van der Waals surface area contributed by atoms with Crippen molar-refractivity contribution in [2.45, 2.75) is 18.9 Å².